The topological polar surface area (TPSA) is 55.1 Å². The van der Waals surface area contributed by atoms with Gasteiger partial charge in [0.05, 0.1) is 5.92 Å². The van der Waals surface area contributed by atoms with Crippen molar-refractivity contribution in [3.8, 4) is 0 Å². The monoisotopic (exact) mass is 268 g/mol. The number of nitrogens with one attached hydrogen (secondary N) is 1. The van der Waals surface area contributed by atoms with Crippen molar-refractivity contribution in [1.29, 1.82) is 0 Å². The maximum Gasteiger partial charge on any atom is 0.224 e. The molecule has 2 atom stereocenters. The van der Waals surface area contributed by atoms with E-state index in [0.717, 1.165) is 6.42 Å². The molecular formula is C16H32N2O. The van der Waals surface area contributed by atoms with Crippen molar-refractivity contribution in [3.05, 3.63) is 0 Å². The van der Waals surface area contributed by atoms with Gasteiger partial charge in [0.2, 0.25) is 5.91 Å². The molecule has 3 heteroatoms. The Morgan fingerprint density at radius 2 is 1.74 bits per heavy atom. The van der Waals surface area contributed by atoms with Gasteiger partial charge < -0.3 is 11.1 Å². The lowest BCUT2D eigenvalue weighted by Crippen LogP contribution is -2.43. The van der Waals surface area contributed by atoms with E-state index in [2.05, 4.69) is 26.1 Å². The van der Waals surface area contributed by atoms with Crippen LogP contribution < -0.4 is 11.1 Å². The average Bonchev–Trinajstić information content (AvgIpc) is 2.64. The third-order valence-corrected chi connectivity index (χ3v) is 4.39. The first kappa shape index (κ1) is 16.5. The molecule has 112 valence electrons. The Hall–Kier alpha value is -0.570. The molecule has 0 heterocycles. The molecule has 1 rings (SSSR count). The third kappa shape index (κ3) is 5.94. The van der Waals surface area contributed by atoms with Gasteiger partial charge in [-0.15, -0.1) is 0 Å². The van der Waals surface area contributed by atoms with E-state index in [9.17, 15) is 4.79 Å². The van der Waals surface area contributed by atoms with Crippen LogP contribution in [0.5, 0.6) is 0 Å². The summed E-state index contributed by atoms with van der Waals surface area (Å²) in [4.78, 5) is 12.3. The Kier molecular flexibility index (Phi) is 7.44. The fourth-order valence-corrected chi connectivity index (χ4v) is 3.15. The van der Waals surface area contributed by atoms with Gasteiger partial charge in [-0.3, -0.25) is 4.79 Å². The van der Waals surface area contributed by atoms with Gasteiger partial charge in [0.15, 0.2) is 0 Å². The van der Waals surface area contributed by atoms with E-state index in [4.69, 9.17) is 5.73 Å². The van der Waals surface area contributed by atoms with Crippen LogP contribution in [0.3, 0.4) is 0 Å². The van der Waals surface area contributed by atoms with Crippen LogP contribution in [-0.2, 0) is 4.79 Å². The van der Waals surface area contributed by atoms with Crippen molar-refractivity contribution in [2.45, 2.75) is 71.8 Å². The summed E-state index contributed by atoms with van der Waals surface area (Å²) >= 11 is 0. The Morgan fingerprint density at radius 3 is 2.21 bits per heavy atom. The van der Waals surface area contributed by atoms with Gasteiger partial charge in [0.25, 0.3) is 0 Å². The molecule has 3 nitrogen and oxygen atoms in total. The predicted molar refractivity (Wildman–Crippen MR) is 80.8 cm³/mol. The third-order valence-electron chi connectivity index (χ3n) is 4.39. The van der Waals surface area contributed by atoms with Crippen LogP contribution in [-0.4, -0.2) is 18.5 Å². The van der Waals surface area contributed by atoms with Gasteiger partial charge in [-0.05, 0) is 38.0 Å². The summed E-state index contributed by atoms with van der Waals surface area (Å²) in [6, 6.07) is 0.298. The molecule has 1 fully saturated rings. The maximum absolute atomic E-state index is 12.3. The van der Waals surface area contributed by atoms with E-state index in [1.165, 1.54) is 38.5 Å². The Balaban J connectivity index is 2.44. The quantitative estimate of drug-likeness (QED) is 0.727. The second-order valence-electron chi connectivity index (χ2n) is 6.61. The Labute approximate surface area is 118 Å². The Bertz CT molecular complexity index is 257. The van der Waals surface area contributed by atoms with Crippen LogP contribution in [0.15, 0.2) is 0 Å². The minimum atomic E-state index is -0.0202. The second-order valence-corrected chi connectivity index (χ2v) is 6.61. The van der Waals surface area contributed by atoms with E-state index < -0.39 is 0 Å². The molecule has 1 saturated carbocycles. The highest BCUT2D eigenvalue weighted by Crippen LogP contribution is 2.25. The molecule has 0 radical (unpaired) electrons. The van der Waals surface area contributed by atoms with Gasteiger partial charge in [-0.1, -0.05) is 39.5 Å². The molecule has 0 saturated heterocycles. The van der Waals surface area contributed by atoms with Crippen LogP contribution in [0.25, 0.3) is 0 Å². The average molecular weight is 268 g/mol. The van der Waals surface area contributed by atoms with E-state index in [-0.39, 0.29) is 11.8 Å². The summed E-state index contributed by atoms with van der Waals surface area (Å²) in [5.74, 6) is 1.32. The van der Waals surface area contributed by atoms with Crippen molar-refractivity contribution in [2.24, 2.45) is 23.5 Å². The number of hydrogen-bond donors (Lipinski definition) is 2. The smallest absolute Gasteiger partial charge is 0.224 e. The standard InChI is InChI=1S/C16H32N2O/c1-12(2)10-15(11-17)16(19)18-13(3)14-8-6-4-5-7-9-14/h12-15H,4-11,17H2,1-3H3,(H,18,19)/t13-,15?/m1/s1. The lowest BCUT2D eigenvalue weighted by atomic mass is 9.91. The van der Waals surface area contributed by atoms with Crippen molar-refractivity contribution >= 4 is 5.91 Å². The minimum Gasteiger partial charge on any atom is -0.353 e. The van der Waals surface area contributed by atoms with Gasteiger partial charge in [-0.2, -0.15) is 0 Å². The van der Waals surface area contributed by atoms with Crippen LogP contribution in [0.4, 0.5) is 0 Å². The predicted octanol–water partition coefficient (Wildman–Crippen LogP) is 3.08. The number of hydrogen-bond acceptors (Lipinski definition) is 2. The van der Waals surface area contributed by atoms with Crippen molar-refractivity contribution in [1.82, 2.24) is 5.32 Å². The molecule has 1 aliphatic rings. The molecule has 1 unspecified atom stereocenters. The number of amides is 1. The first-order valence-electron chi connectivity index (χ1n) is 8.05. The summed E-state index contributed by atoms with van der Waals surface area (Å²) in [7, 11) is 0. The number of carbonyl (C=O) groups excluding carboxylic acids is 1. The number of carbonyl (C=O) groups is 1. The zero-order chi connectivity index (χ0) is 14.3. The number of rotatable bonds is 6. The SMILES string of the molecule is CC(C)CC(CN)C(=O)N[C@H](C)C1CCCCCC1. The molecule has 19 heavy (non-hydrogen) atoms. The minimum absolute atomic E-state index is 0.0202. The van der Waals surface area contributed by atoms with Crippen LogP contribution in [0, 0.1) is 17.8 Å². The van der Waals surface area contributed by atoms with E-state index >= 15 is 0 Å². The molecular weight excluding hydrogens is 236 g/mol. The number of nitrogens with two attached hydrogens (primary N) is 1. The summed E-state index contributed by atoms with van der Waals surface area (Å²) in [5.41, 5.74) is 5.74. The second kappa shape index (κ2) is 8.57. The highest BCUT2D eigenvalue weighted by atomic mass is 16.1. The van der Waals surface area contributed by atoms with E-state index in [1.807, 2.05) is 0 Å². The zero-order valence-corrected chi connectivity index (χ0v) is 13.0. The fourth-order valence-electron chi connectivity index (χ4n) is 3.15. The maximum atomic E-state index is 12.3. The van der Waals surface area contributed by atoms with Crippen molar-refractivity contribution < 1.29 is 4.79 Å². The van der Waals surface area contributed by atoms with Gasteiger partial charge in [0.1, 0.15) is 0 Å². The van der Waals surface area contributed by atoms with Gasteiger partial charge >= 0.3 is 0 Å². The molecule has 0 aliphatic heterocycles. The normalized spacial score (nSPS) is 20.9. The van der Waals surface area contributed by atoms with Crippen LogP contribution >= 0.6 is 0 Å². The van der Waals surface area contributed by atoms with Crippen molar-refractivity contribution in [3.63, 3.8) is 0 Å². The summed E-state index contributed by atoms with van der Waals surface area (Å²) in [6.45, 7) is 6.91. The highest BCUT2D eigenvalue weighted by Gasteiger charge is 2.24. The molecule has 1 amide bonds. The molecule has 0 aromatic carbocycles. The largest absolute Gasteiger partial charge is 0.353 e. The first-order chi connectivity index (χ1) is 9.04. The van der Waals surface area contributed by atoms with Gasteiger partial charge in [0, 0.05) is 12.6 Å². The summed E-state index contributed by atoms with van der Waals surface area (Å²) in [6.07, 6.45) is 8.76. The molecule has 0 bridgehead atoms. The summed E-state index contributed by atoms with van der Waals surface area (Å²) in [5, 5.41) is 3.21. The summed E-state index contributed by atoms with van der Waals surface area (Å²) < 4.78 is 0. The van der Waals surface area contributed by atoms with Crippen LogP contribution in [0.1, 0.15) is 65.7 Å². The molecule has 0 aromatic heterocycles. The molecule has 1 aliphatic carbocycles. The Morgan fingerprint density at radius 1 is 1.16 bits per heavy atom. The zero-order valence-electron chi connectivity index (χ0n) is 13.0. The lowest BCUT2D eigenvalue weighted by Gasteiger charge is -2.26. The lowest BCUT2D eigenvalue weighted by molar-refractivity contribution is -0.126. The van der Waals surface area contributed by atoms with Gasteiger partial charge in [-0.25, -0.2) is 0 Å². The van der Waals surface area contributed by atoms with Crippen LogP contribution in [0.2, 0.25) is 0 Å². The van der Waals surface area contributed by atoms with E-state index in [0.29, 0.717) is 24.4 Å². The highest BCUT2D eigenvalue weighted by molar-refractivity contribution is 5.79. The molecule has 0 aromatic rings. The van der Waals surface area contributed by atoms with E-state index in [1.54, 1.807) is 0 Å². The first-order valence-corrected chi connectivity index (χ1v) is 8.05. The fraction of sp³-hybridized carbons (Fsp3) is 0.938. The molecule has 0 spiro atoms. The van der Waals surface area contributed by atoms with Crippen molar-refractivity contribution in [2.75, 3.05) is 6.54 Å². The molecule has 3 N–H and O–H groups in total.